The molecule has 3 atom stereocenters. The van der Waals surface area contributed by atoms with E-state index in [0.717, 1.165) is 4.57 Å². The summed E-state index contributed by atoms with van der Waals surface area (Å²) in [4.78, 5) is 26.6. The second-order valence-electron chi connectivity index (χ2n) is 4.69. The molecule has 21 heavy (non-hydrogen) atoms. The van der Waals surface area contributed by atoms with Crippen molar-refractivity contribution in [3.05, 3.63) is 28.8 Å². The Morgan fingerprint density at radius 3 is 2.81 bits per heavy atom. The van der Waals surface area contributed by atoms with Crippen molar-refractivity contribution in [1.82, 2.24) is 9.55 Å². The largest absolute Gasteiger partial charge is 0.394 e. The van der Waals surface area contributed by atoms with Gasteiger partial charge in [0.15, 0.2) is 0 Å². The molecule has 1 aliphatic rings. The van der Waals surface area contributed by atoms with E-state index in [2.05, 4.69) is 11.6 Å². The molecule has 0 aliphatic carbocycles. The van der Waals surface area contributed by atoms with Gasteiger partial charge in [-0.3, -0.25) is 9.36 Å². The average Bonchev–Trinajstić information content (AvgIpc) is 2.79. The molecule has 0 radical (unpaired) electrons. The number of amides is 1. The third-order valence-corrected chi connectivity index (χ3v) is 3.30. The second kappa shape index (κ2) is 5.64. The highest BCUT2D eigenvalue weighted by Gasteiger charge is 2.35. The van der Waals surface area contributed by atoms with E-state index in [1.165, 1.54) is 6.20 Å². The van der Waals surface area contributed by atoms with Crippen LogP contribution in [0.1, 0.15) is 18.2 Å². The minimum atomic E-state index is -0.910. The lowest BCUT2D eigenvalue weighted by Crippen LogP contribution is -2.29. The molecule has 1 aromatic rings. The van der Waals surface area contributed by atoms with Gasteiger partial charge in [-0.15, -0.1) is 0 Å². The molecule has 1 aromatic heterocycles. The van der Waals surface area contributed by atoms with E-state index in [9.17, 15) is 14.7 Å². The van der Waals surface area contributed by atoms with E-state index in [1.54, 1.807) is 0 Å². The summed E-state index contributed by atoms with van der Waals surface area (Å²) < 4.78 is 6.44. The highest BCUT2D eigenvalue weighted by Crippen LogP contribution is 2.28. The maximum atomic E-state index is 11.9. The van der Waals surface area contributed by atoms with Gasteiger partial charge in [0.05, 0.1) is 12.7 Å². The minimum Gasteiger partial charge on any atom is -0.394 e. The lowest BCUT2D eigenvalue weighted by molar-refractivity contribution is -0.112. The predicted octanol–water partition coefficient (Wildman–Crippen LogP) is -2.04. The van der Waals surface area contributed by atoms with Gasteiger partial charge >= 0.3 is 5.69 Å². The van der Waals surface area contributed by atoms with Crippen LogP contribution < -0.4 is 17.2 Å². The first-order valence-corrected chi connectivity index (χ1v) is 6.17. The Morgan fingerprint density at radius 2 is 2.29 bits per heavy atom. The summed E-state index contributed by atoms with van der Waals surface area (Å²) in [6, 6.07) is 0. The fourth-order valence-electron chi connectivity index (χ4n) is 2.10. The number of nitrogen functional groups attached to an aromatic ring is 1. The standard InChI is InChI=1S/C12H16N4O5/c1-5(11(14)19)6-3-16(12(20)15-10(6)13)9-2-7(18)8(4-17)21-9/h3,7-9,17-18H,1-2,4H2,(H2,14,19)(H2,13,15,20)/t7-,8+,9+/m0/s1. The fourth-order valence-corrected chi connectivity index (χ4v) is 2.10. The van der Waals surface area contributed by atoms with E-state index in [0.29, 0.717) is 0 Å². The van der Waals surface area contributed by atoms with Gasteiger partial charge in [-0.2, -0.15) is 4.98 Å². The third-order valence-electron chi connectivity index (χ3n) is 3.30. The Hall–Kier alpha value is -2.23. The molecule has 2 heterocycles. The summed E-state index contributed by atoms with van der Waals surface area (Å²) in [6.45, 7) is 3.11. The molecule has 0 unspecified atom stereocenters. The van der Waals surface area contributed by atoms with Gasteiger partial charge in [-0.25, -0.2) is 4.79 Å². The molecule has 0 aromatic carbocycles. The SMILES string of the molecule is C=C(C(N)=O)c1cn([C@H]2C[C@H](O)[C@@H](CO)O2)c(=O)nc1N. The van der Waals surface area contributed by atoms with Crippen molar-refractivity contribution in [2.75, 3.05) is 12.3 Å². The summed E-state index contributed by atoms with van der Waals surface area (Å²) in [6.07, 6.45) is -1.17. The lowest BCUT2D eigenvalue weighted by Gasteiger charge is -2.16. The summed E-state index contributed by atoms with van der Waals surface area (Å²) in [5.41, 5.74) is 10.0. The van der Waals surface area contributed by atoms with Gasteiger partial charge < -0.3 is 26.4 Å². The first-order chi connectivity index (χ1) is 9.85. The highest BCUT2D eigenvalue weighted by molar-refractivity contribution is 6.18. The smallest absolute Gasteiger partial charge is 0.351 e. The van der Waals surface area contributed by atoms with Crippen molar-refractivity contribution >= 4 is 17.3 Å². The highest BCUT2D eigenvalue weighted by atomic mass is 16.5. The molecular weight excluding hydrogens is 280 g/mol. The van der Waals surface area contributed by atoms with Gasteiger partial charge in [0.1, 0.15) is 18.1 Å². The Bertz CT molecular complexity index is 641. The van der Waals surface area contributed by atoms with Crippen LogP contribution in [-0.2, 0) is 9.53 Å². The first kappa shape index (κ1) is 15.2. The number of aliphatic hydroxyl groups excluding tert-OH is 2. The number of nitrogens with two attached hydrogens (primary N) is 2. The molecule has 0 saturated carbocycles. The van der Waals surface area contributed by atoms with Crippen molar-refractivity contribution < 1.29 is 19.7 Å². The number of anilines is 1. The molecule has 6 N–H and O–H groups in total. The number of rotatable bonds is 4. The summed E-state index contributed by atoms with van der Waals surface area (Å²) in [7, 11) is 0. The van der Waals surface area contributed by atoms with Gasteiger partial charge in [0.25, 0.3) is 0 Å². The first-order valence-electron chi connectivity index (χ1n) is 6.17. The normalized spacial score (nSPS) is 25.0. The molecule has 1 amide bonds. The molecule has 9 heteroatoms. The molecule has 0 spiro atoms. The van der Waals surface area contributed by atoms with Gasteiger partial charge in [0, 0.05) is 23.8 Å². The van der Waals surface area contributed by atoms with E-state index in [1.807, 2.05) is 0 Å². The number of carbonyl (C=O) groups is 1. The van der Waals surface area contributed by atoms with E-state index >= 15 is 0 Å². The zero-order chi connectivity index (χ0) is 15.7. The molecule has 2 rings (SSSR count). The maximum Gasteiger partial charge on any atom is 0.351 e. The second-order valence-corrected chi connectivity index (χ2v) is 4.69. The topological polar surface area (TPSA) is 154 Å². The quantitative estimate of drug-likeness (QED) is 0.467. The number of carbonyl (C=O) groups excluding carboxylic acids is 1. The Morgan fingerprint density at radius 1 is 1.62 bits per heavy atom. The van der Waals surface area contributed by atoms with Crippen LogP contribution in [0.4, 0.5) is 5.82 Å². The maximum absolute atomic E-state index is 11.9. The number of aromatic nitrogens is 2. The zero-order valence-corrected chi connectivity index (χ0v) is 11.1. The molecule has 9 nitrogen and oxygen atoms in total. The Balaban J connectivity index is 2.41. The molecule has 1 fully saturated rings. The van der Waals surface area contributed by atoms with Crippen LogP contribution >= 0.6 is 0 Å². The number of aliphatic hydroxyl groups is 2. The van der Waals surface area contributed by atoms with E-state index in [4.69, 9.17) is 21.3 Å². The monoisotopic (exact) mass is 296 g/mol. The van der Waals surface area contributed by atoms with Crippen LogP contribution in [0, 0.1) is 0 Å². The van der Waals surface area contributed by atoms with Crippen LogP contribution in [0.5, 0.6) is 0 Å². The third kappa shape index (κ3) is 2.79. The Kier molecular flexibility index (Phi) is 4.07. The van der Waals surface area contributed by atoms with Crippen LogP contribution in [0.15, 0.2) is 17.6 Å². The van der Waals surface area contributed by atoms with Crippen LogP contribution in [0.3, 0.4) is 0 Å². The number of ether oxygens (including phenoxy) is 1. The van der Waals surface area contributed by atoms with Crippen molar-refractivity contribution in [3.8, 4) is 0 Å². The molecule has 1 saturated heterocycles. The lowest BCUT2D eigenvalue weighted by atomic mass is 10.1. The number of hydrogen-bond acceptors (Lipinski definition) is 7. The van der Waals surface area contributed by atoms with Crippen molar-refractivity contribution in [3.63, 3.8) is 0 Å². The van der Waals surface area contributed by atoms with Crippen molar-refractivity contribution in [1.29, 1.82) is 0 Å². The van der Waals surface area contributed by atoms with Crippen LogP contribution in [-0.4, -0.2) is 44.5 Å². The van der Waals surface area contributed by atoms with Crippen LogP contribution in [0.2, 0.25) is 0 Å². The summed E-state index contributed by atoms with van der Waals surface area (Å²) in [5.74, 6) is -0.966. The molecule has 0 bridgehead atoms. The zero-order valence-electron chi connectivity index (χ0n) is 11.1. The number of primary amides is 1. The van der Waals surface area contributed by atoms with Gasteiger partial charge in [-0.1, -0.05) is 6.58 Å². The number of hydrogen-bond donors (Lipinski definition) is 4. The Labute approximate surface area is 119 Å². The molecule has 114 valence electrons. The van der Waals surface area contributed by atoms with Gasteiger partial charge in [-0.05, 0) is 0 Å². The number of nitrogens with zero attached hydrogens (tertiary/aromatic N) is 2. The van der Waals surface area contributed by atoms with E-state index in [-0.39, 0.29) is 30.0 Å². The fraction of sp³-hybridized carbons (Fsp3) is 0.417. The average molecular weight is 296 g/mol. The predicted molar refractivity (Wildman–Crippen MR) is 72.8 cm³/mol. The van der Waals surface area contributed by atoms with Crippen molar-refractivity contribution in [2.24, 2.45) is 5.73 Å². The van der Waals surface area contributed by atoms with Crippen LogP contribution in [0.25, 0.3) is 5.57 Å². The van der Waals surface area contributed by atoms with Crippen molar-refractivity contribution in [2.45, 2.75) is 24.9 Å². The molecular formula is C12H16N4O5. The summed E-state index contributed by atoms with van der Waals surface area (Å²) >= 11 is 0. The van der Waals surface area contributed by atoms with Gasteiger partial charge in [0.2, 0.25) is 5.91 Å². The van der Waals surface area contributed by atoms with E-state index < -0.39 is 30.0 Å². The summed E-state index contributed by atoms with van der Waals surface area (Å²) in [5, 5.41) is 18.7. The minimum absolute atomic E-state index is 0.0917. The molecule has 1 aliphatic heterocycles.